The molecule has 3 heteroatoms. The molecule has 2 N–H and O–H groups in total. The Kier molecular flexibility index (Phi) is 3.75. The van der Waals surface area contributed by atoms with Gasteiger partial charge in [0.25, 0.3) is 0 Å². The first kappa shape index (κ1) is 12.5. The summed E-state index contributed by atoms with van der Waals surface area (Å²) in [7, 11) is 0. The highest BCUT2D eigenvalue weighted by Crippen LogP contribution is 2.46. The fraction of sp³-hybridized carbons (Fsp3) is 0.786. The molecule has 2 saturated carbocycles. The molecule has 2 aliphatic carbocycles. The zero-order valence-corrected chi connectivity index (χ0v) is 10.4. The van der Waals surface area contributed by atoms with Crippen molar-refractivity contribution < 1.29 is 15.0 Å². The summed E-state index contributed by atoms with van der Waals surface area (Å²) in [4.78, 5) is 10.7. The number of hydrogen-bond acceptors (Lipinski definition) is 2. The van der Waals surface area contributed by atoms with Gasteiger partial charge in [0.05, 0.1) is 11.7 Å². The van der Waals surface area contributed by atoms with Crippen LogP contribution >= 0.6 is 0 Å². The third-order valence-electron chi connectivity index (χ3n) is 4.31. The van der Waals surface area contributed by atoms with Gasteiger partial charge < -0.3 is 10.2 Å². The molecule has 2 bridgehead atoms. The predicted molar refractivity (Wildman–Crippen MR) is 65.7 cm³/mol. The van der Waals surface area contributed by atoms with Gasteiger partial charge in [-0.25, -0.2) is 0 Å². The molecule has 4 atom stereocenters. The Morgan fingerprint density at radius 1 is 1.24 bits per heavy atom. The topological polar surface area (TPSA) is 57.5 Å². The first-order chi connectivity index (χ1) is 8.04. The number of hydrogen-bond donors (Lipinski definition) is 2. The zero-order chi connectivity index (χ0) is 12.4. The van der Waals surface area contributed by atoms with Gasteiger partial charge in [-0.2, -0.15) is 0 Å². The van der Waals surface area contributed by atoms with Crippen molar-refractivity contribution in [1.82, 2.24) is 0 Å². The number of fused-ring (bicyclic) bond motifs is 2. The van der Waals surface area contributed by atoms with Crippen LogP contribution in [0.5, 0.6) is 0 Å². The number of carbonyl (C=O) groups is 1. The van der Waals surface area contributed by atoms with E-state index in [9.17, 15) is 9.90 Å². The molecule has 0 radical (unpaired) electrons. The van der Waals surface area contributed by atoms with Crippen LogP contribution in [0.2, 0.25) is 0 Å². The van der Waals surface area contributed by atoms with Crippen molar-refractivity contribution >= 4 is 5.97 Å². The molecular formula is C14H22O3. The molecule has 0 heterocycles. The average molecular weight is 238 g/mol. The normalized spacial score (nSPS) is 34.6. The second-order valence-corrected chi connectivity index (χ2v) is 5.87. The van der Waals surface area contributed by atoms with E-state index < -0.39 is 11.9 Å². The number of aliphatic hydroxyl groups is 1. The van der Waals surface area contributed by atoms with E-state index in [2.05, 4.69) is 0 Å². The molecule has 3 nitrogen and oxygen atoms in total. The van der Waals surface area contributed by atoms with Crippen LogP contribution in [0.3, 0.4) is 0 Å². The summed E-state index contributed by atoms with van der Waals surface area (Å²) in [6.07, 6.45) is 8.69. The fourth-order valence-corrected chi connectivity index (χ4v) is 3.54. The summed E-state index contributed by atoms with van der Waals surface area (Å²) in [5.41, 5.74) is 0. The third kappa shape index (κ3) is 3.24. The first-order valence-corrected chi connectivity index (χ1v) is 6.67. The van der Waals surface area contributed by atoms with Crippen LogP contribution in [0.25, 0.3) is 0 Å². The van der Waals surface area contributed by atoms with Crippen LogP contribution in [-0.2, 0) is 4.79 Å². The molecule has 2 rings (SSSR count). The van der Waals surface area contributed by atoms with E-state index in [0.29, 0.717) is 12.3 Å². The second kappa shape index (κ2) is 5.11. The van der Waals surface area contributed by atoms with Crippen molar-refractivity contribution in [2.24, 2.45) is 23.7 Å². The highest BCUT2D eigenvalue weighted by molar-refractivity contribution is 5.71. The number of carboxylic acid groups (broad SMARTS) is 1. The largest absolute Gasteiger partial charge is 0.513 e. The molecule has 0 amide bonds. The standard InChI is InChI=1S/C14H22O3/c1-9(14(16)17)4-13(15)8-12-6-10-2-3-11(5-10)7-12/h4,9-12,15H,2-3,5-8H2,1H3,(H,16,17)/t9-,10-,11+,12-/m1/s1. The number of carboxylic acids is 1. The van der Waals surface area contributed by atoms with Gasteiger partial charge in [0.15, 0.2) is 0 Å². The third-order valence-corrected chi connectivity index (χ3v) is 4.31. The van der Waals surface area contributed by atoms with E-state index >= 15 is 0 Å². The molecule has 96 valence electrons. The molecule has 0 spiro atoms. The summed E-state index contributed by atoms with van der Waals surface area (Å²) in [6.45, 7) is 1.60. The molecule has 0 aromatic heterocycles. The molecule has 0 saturated heterocycles. The first-order valence-electron chi connectivity index (χ1n) is 6.67. The number of aliphatic carboxylic acids is 1. The average Bonchev–Trinajstić information content (AvgIpc) is 2.57. The van der Waals surface area contributed by atoms with E-state index in [1.807, 2.05) is 0 Å². The maximum atomic E-state index is 10.7. The van der Waals surface area contributed by atoms with Crippen LogP contribution in [0.4, 0.5) is 0 Å². The second-order valence-electron chi connectivity index (χ2n) is 5.87. The number of aliphatic hydroxyl groups excluding tert-OH is 1. The van der Waals surface area contributed by atoms with Crippen molar-refractivity contribution in [3.63, 3.8) is 0 Å². The smallest absolute Gasteiger partial charge is 0.310 e. The molecule has 0 aromatic rings. The van der Waals surface area contributed by atoms with Crippen molar-refractivity contribution in [3.8, 4) is 0 Å². The van der Waals surface area contributed by atoms with Gasteiger partial charge in [0, 0.05) is 6.42 Å². The summed E-state index contributed by atoms with van der Waals surface area (Å²) in [6, 6.07) is 0. The van der Waals surface area contributed by atoms with E-state index in [1.165, 1.54) is 38.2 Å². The van der Waals surface area contributed by atoms with Crippen LogP contribution in [0.15, 0.2) is 11.8 Å². The summed E-state index contributed by atoms with van der Waals surface area (Å²) >= 11 is 0. The van der Waals surface area contributed by atoms with Gasteiger partial charge in [0.1, 0.15) is 0 Å². The van der Waals surface area contributed by atoms with Crippen LogP contribution in [0, 0.1) is 23.7 Å². The quantitative estimate of drug-likeness (QED) is 0.738. The van der Waals surface area contributed by atoms with Crippen molar-refractivity contribution in [1.29, 1.82) is 0 Å². The van der Waals surface area contributed by atoms with E-state index in [4.69, 9.17) is 5.11 Å². The Bertz CT molecular complexity index is 309. The zero-order valence-electron chi connectivity index (χ0n) is 10.4. The number of rotatable bonds is 4. The maximum Gasteiger partial charge on any atom is 0.310 e. The lowest BCUT2D eigenvalue weighted by molar-refractivity contribution is -0.139. The molecule has 2 fully saturated rings. The molecule has 0 aromatic carbocycles. The summed E-state index contributed by atoms with van der Waals surface area (Å²) < 4.78 is 0. The lowest BCUT2D eigenvalue weighted by Crippen LogP contribution is -2.17. The minimum Gasteiger partial charge on any atom is -0.513 e. The van der Waals surface area contributed by atoms with Crippen molar-refractivity contribution in [2.45, 2.75) is 45.4 Å². The van der Waals surface area contributed by atoms with E-state index in [1.54, 1.807) is 6.92 Å². The molecule has 0 unspecified atom stereocenters. The summed E-state index contributed by atoms with van der Waals surface area (Å²) in [5, 5.41) is 18.6. The number of allylic oxidation sites excluding steroid dienone is 1. The van der Waals surface area contributed by atoms with Crippen LogP contribution < -0.4 is 0 Å². The Morgan fingerprint density at radius 2 is 1.82 bits per heavy atom. The lowest BCUT2D eigenvalue weighted by Gasteiger charge is -2.27. The van der Waals surface area contributed by atoms with Crippen LogP contribution in [-0.4, -0.2) is 16.2 Å². The van der Waals surface area contributed by atoms with E-state index in [0.717, 1.165) is 11.8 Å². The summed E-state index contributed by atoms with van der Waals surface area (Å²) in [5.74, 6) is 1.10. The lowest BCUT2D eigenvalue weighted by atomic mass is 9.79. The van der Waals surface area contributed by atoms with Crippen molar-refractivity contribution in [2.75, 3.05) is 0 Å². The van der Waals surface area contributed by atoms with Crippen LogP contribution in [0.1, 0.15) is 45.4 Å². The Balaban J connectivity index is 1.86. The Morgan fingerprint density at radius 3 is 2.35 bits per heavy atom. The molecular weight excluding hydrogens is 216 g/mol. The predicted octanol–water partition coefficient (Wildman–Crippen LogP) is 3.37. The minimum absolute atomic E-state index is 0.270. The van der Waals surface area contributed by atoms with Gasteiger partial charge in [-0.15, -0.1) is 0 Å². The monoisotopic (exact) mass is 238 g/mol. The Labute approximate surface area is 103 Å². The van der Waals surface area contributed by atoms with Gasteiger partial charge in [-0.1, -0.05) is 12.8 Å². The maximum absolute atomic E-state index is 10.7. The molecule has 0 aliphatic heterocycles. The van der Waals surface area contributed by atoms with Gasteiger partial charge in [0.2, 0.25) is 0 Å². The molecule has 2 aliphatic rings. The minimum atomic E-state index is -0.875. The Hall–Kier alpha value is -0.990. The van der Waals surface area contributed by atoms with E-state index in [-0.39, 0.29) is 5.76 Å². The van der Waals surface area contributed by atoms with Crippen molar-refractivity contribution in [3.05, 3.63) is 11.8 Å². The molecule has 17 heavy (non-hydrogen) atoms. The van der Waals surface area contributed by atoms with Gasteiger partial charge >= 0.3 is 5.97 Å². The highest BCUT2D eigenvalue weighted by Gasteiger charge is 2.34. The fourth-order valence-electron chi connectivity index (χ4n) is 3.54. The SMILES string of the molecule is C[C@H](C=C(O)C[C@@H]1C[C@@H]2CC[C@@H](C2)C1)C(=O)O. The van der Waals surface area contributed by atoms with Gasteiger partial charge in [-0.05, 0) is 50.0 Å². The highest BCUT2D eigenvalue weighted by atomic mass is 16.4. The van der Waals surface area contributed by atoms with Gasteiger partial charge in [-0.3, -0.25) is 4.79 Å².